The number of piperidine rings is 3. The third-order valence-electron chi connectivity index (χ3n) is 4.87. The normalized spacial score (nSPS) is 27.2. The highest BCUT2D eigenvalue weighted by Crippen LogP contribution is 2.28. The molecule has 0 saturated carbocycles. The number of nitrogens with zero attached hydrogens (tertiary/aromatic N) is 2. The summed E-state index contributed by atoms with van der Waals surface area (Å²) in [5, 5.41) is 3.19. The van der Waals surface area contributed by atoms with Gasteiger partial charge in [-0.15, -0.1) is 0 Å². The van der Waals surface area contributed by atoms with Crippen LogP contribution in [-0.2, 0) is 0 Å². The highest BCUT2D eigenvalue weighted by atomic mass is 16.4. The molecular weight excluding hydrogens is 280 g/mol. The summed E-state index contributed by atoms with van der Waals surface area (Å²) in [4.78, 5) is 19.3. The van der Waals surface area contributed by atoms with Gasteiger partial charge in [0.05, 0.1) is 5.56 Å². The van der Waals surface area contributed by atoms with Crippen LogP contribution in [0, 0.1) is 12.8 Å². The number of aromatic nitrogens is 1. The van der Waals surface area contributed by atoms with Crippen LogP contribution in [0.15, 0.2) is 16.5 Å². The summed E-state index contributed by atoms with van der Waals surface area (Å²) in [6.07, 6.45) is 2.34. The minimum atomic E-state index is -0.0826. The molecule has 1 atom stereocenters. The van der Waals surface area contributed by atoms with Crippen LogP contribution in [0.4, 0.5) is 6.01 Å². The highest BCUT2D eigenvalue weighted by molar-refractivity contribution is 6.05. The molecule has 3 saturated heterocycles. The molecule has 1 amide bonds. The third kappa shape index (κ3) is 2.23. The summed E-state index contributed by atoms with van der Waals surface area (Å²) in [5.74, 6) is 0.511. The fourth-order valence-electron chi connectivity index (χ4n) is 3.73. The fourth-order valence-corrected chi connectivity index (χ4v) is 3.73. The maximum atomic E-state index is 12.7. The van der Waals surface area contributed by atoms with Crippen molar-refractivity contribution in [2.24, 2.45) is 5.92 Å². The van der Waals surface area contributed by atoms with Crippen LogP contribution in [0.25, 0.3) is 11.1 Å². The number of fused-ring (bicyclic) bond motifs is 4. The summed E-state index contributed by atoms with van der Waals surface area (Å²) in [6, 6.07) is 4.03. The van der Waals surface area contributed by atoms with Gasteiger partial charge in [0.25, 0.3) is 11.9 Å². The molecule has 22 heavy (non-hydrogen) atoms. The number of anilines is 1. The Bertz CT molecular complexity index is 731. The van der Waals surface area contributed by atoms with E-state index in [9.17, 15) is 4.79 Å². The number of oxazole rings is 1. The van der Waals surface area contributed by atoms with E-state index in [-0.39, 0.29) is 18.0 Å². The standard InChI is InChI=1S/C16H20N4O2/c1-9-6-11(14-13(7-9)22-16(17)19-14)15(21)18-12-8-20-4-2-10(12)3-5-20/h6-7,10,12H,2-5,8H2,1H3,(H2,17,19)(H,18,21)/t12-/m1/s1. The lowest BCUT2D eigenvalue weighted by atomic mass is 9.84. The molecule has 6 nitrogen and oxygen atoms in total. The smallest absolute Gasteiger partial charge is 0.293 e. The average Bonchev–Trinajstić information content (AvgIpc) is 2.87. The summed E-state index contributed by atoms with van der Waals surface area (Å²) in [6.45, 7) is 5.20. The number of rotatable bonds is 2. The number of hydrogen-bond donors (Lipinski definition) is 2. The second-order valence-corrected chi connectivity index (χ2v) is 6.43. The lowest BCUT2D eigenvalue weighted by molar-refractivity contribution is 0.0621. The molecule has 0 spiro atoms. The molecule has 3 aliphatic rings. The molecule has 3 fully saturated rings. The van der Waals surface area contributed by atoms with Crippen molar-refractivity contribution in [1.29, 1.82) is 0 Å². The van der Waals surface area contributed by atoms with Gasteiger partial charge in [-0.1, -0.05) is 0 Å². The first-order valence-corrected chi connectivity index (χ1v) is 7.80. The molecule has 2 bridgehead atoms. The number of aryl methyl sites for hydroxylation is 1. The Labute approximate surface area is 128 Å². The SMILES string of the molecule is Cc1cc(C(=O)N[C@@H]2CN3CCC2CC3)c2nc(N)oc2c1. The van der Waals surface area contributed by atoms with Crippen molar-refractivity contribution in [3.63, 3.8) is 0 Å². The van der Waals surface area contributed by atoms with E-state index in [0.29, 0.717) is 22.6 Å². The molecule has 1 aromatic heterocycles. The van der Waals surface area contributed by atoms with Crippen LogP contribution in [0.2, 0.25) is 0 Å². The Morgan fingerprint density at radius 2 is 2.18 bits per heavy atom. The quantitative estimate of drug-likeness (QED) is 0.879. The van der Waals surface area contributed by atoms with Crippen LogP contribution in [0.3, 0.4) is 0 Å². The van der Waals surface area contributed by atoms with Gasteiger partial charge in [-0.25, -0.2) is 0 Å². The Morgan fingerprint density at radius 1 is 1.41 bits per heavy atom. The highest BCUT2D eigenvalue weighted by Gasteiger charge is 2.35. The van der Waals surface area contributed by atoms with Gasteiger partial charge in [0.1, 0.15) is 5.52 Å². The van der Waals surface area contributed by atoms with E-state index in [0.717, 1.165) is 25.2 Å². The van der Waals surface area contributed by atoms with Crippen molar-refractivity contribution < 1.29 is 9.21 Å². The zero-order chi connectivity index (χ0) is 15.3. The molecule has 0 unspecified atom stereocenters. The number of carbonyl (C=O) groups excluding carboxylic acids is 1. The van der Waals surface area contributed by atoms with E-state index in [2.05, 4.69) is 15.2 Å². The maximum absolute atomic E-state index is 12.7. The first-order valence-electron chi connectivity index (χ1n) is 7.80. The van der Waals surface area contributed by atoms with E-state index < -0.39 is 0 Å². The zero-order valence-electron chi connectivity index (χ0n) is 12.6. The number of nitrogens with one attached hydrogen (secondary N) is 1. The van der Waals surface area contributed by atoms with Crippen molar-refractivity contribution in [2.45, 2.75) is 25.8 Å². The minimum absolute atomic E-state index is 0.0826. The van der Waals surface area contributed by atoms with Gasteiger partial charge >= 0.3 is 0 Å². The second kappa shape index (κ2) is 4.98. The van der Waals surface area contributed by atoms with E-state index in [1.54, 1.807) is 0 Å². The van der Waals surface area contributed by atoms with Crippen molar-refractivity contribution in [2.75, 3.05) is 25.4 Å². The predicted molar refractivity (Wildman–Crippen MR) is 83.6 cm³/mol. The van der Waals surface area contributed by atoms with Crippen LogP contribution < -0.4 is 11.1 Å². The van der Waals surface area contributed by atoms with Gasteiger partial charge in [-0.2, -0.15) is 4.98 Å². The largest absolute Gasteiger partial charge is 0.424 e. The third-order valence-corrected chi connectivity index (χ3v) is 4.87. The lowest BCUT2D eigenvalue weighted by Gasteiger charge is -2.44. The number of benzene rings is 1. The topological polar surface area (TPSA) is 84.4 Å². The zero-order valence-corrected chi connectivity index (χ0v) is 12.6. The van der Waals surface area contributed by atoms with E-state index in [4.69, 9.17) is 10.2 Å². The summed E-state index contributed by atoms with van der Waals surface area (Å²) in [7, 11) is 0. The van der Waals surface area contributed by atoms with Gasteiger partial charge in [0.15, 0.2) is 5.58 Å². The molecule has 6 heteroatoms. The Hall–Kier alpha value is -2.08. The predicted octanol–water partition coefficient (Wildman–Crippen LogP) is 1.54. The van der Waals surface area contributed by atoms with Gasteiger partial charge in [-0.3, -0.25) is 4.79 Å². The van der Waals surface area contributed by atoms with Crippen molar-refractivity contribution in [3.8, 4) is 0 Å². The Balaban J connectivity index is 1.62. The maximum Gasteiger partial charge on any atom is 0.293 e. The van der Waals surface area contributed by atoms with Gasteiger partial charge in [-0.05, 0) is 56.5 Å². The summed E-state index contributed by atoms with van der Waals surface area (Å²) >= 11 is 0. The number of amides is 1. The molecule has 0 radical (unpaired) electrons. The number of nitrogen functional groups attached to an aromatic ring is 1. The van der Waals surface area contributed by atoms with E-state index in [1.165, 1.54) is 12.8 Å². The van der Waals surface area contributed by atoms with Crippen LogP contribution in [-0.4, -0.2) is 41.5 Å². The van der Waals surface area contributed by atoms with Gasteiger partial charge in [0.2, 0.25) is 0 Å². The number of hydrogen-bond acceptors (Lipinski definition) is 5. The van der Waals surface area contributed by atoms with E-state index in [1.807, 2.05) is 19.1 Å². The fraction of sp³-hybridized carbons (Fsp3) is 0.500. The van der Waals surface area contributed by atoms with E-state index >= 15 is 0 Å². The molecule has 0 aliphatic carbocycles. The monoisotopic (exact) mass is 300 g/mol. The molecule has 5 rings (SSSR count). The first kappa shape index (κ1) is 13.6. The molecule has 4 heterocycles. The Morgan fingerprint density at radius 3 is 2.86 bits per heavy atom. The summed E-state index contributed by atoms with van der Waals surface area (Å²) < 4.78 is 5.36. The van der Waals surface area contributed by atoms with Crippen LogP contribution in [0.1, 0.15) is 28.8 Å². The van der Waals surface area contributed by atoms with Crippen molar-refractivity contribution in [3.05, 3.63) is 23.3 Å². The minimum Gasteiger partial charge on any atom is -0.424 e. The summed E-state index contributed by atoms with van der Waals surface area (Å²) in [5.41, 5.74) is 8.25. The van der Waals surface area contributed by atoms with Crippen LogP contribution in [0.5, 0.6) is 0 Å². The Kier molecular flexibility index (Phi) is 3.07. The molecule has 3 N–H and O–H groups in total. The lowest BCUT2D eigenvalue weighted by Crippen LogP contribution is -2.57. The van der Waals surface area contributed by atoms with Crippen molar-refractivity contribution >= 4 is 23.0 Å². The molecule has 1 aromatic carbocycles. The van der Waals surface area contributed by atoms with Crippen molar-refractivity contribution in [1.82, 2.24) is 15.2 Å². The number of carbonyl (C=O) groups is 1. The molecule has 2 aromatic rings. The molecular formula is C16H20N4O2. The number of nitrogens with two attached hydrogens (primary N) is 1. The van der Waals surface area contributed by atoms with Gasteiger partial charge < -0.3 is 20.4 Å². The first-order chi connectivity index (χ1) is 10.6. The second-order valence-electron chi connectivity index (χ2n) is 6.43. The average molecular weight is 300 g/mol. The molecule has 3 aliphatic heterocycles. The van der Waals surface area contributed by atoms with Crippen LogP contribution >= 0.6 is 0 Å². The molecule has 116 valence electrons. The van der Waals surface area contributed by atoms with Gasteiger partial charge in [0, 0.05) is 12.6 Å².